The molecule has 0 aromatic heterocycles. The fourth-order valence-corrected chi connectivity index (χ4v) is 3.21. The number of ether oxygens (including phenoxy) is 2. The fraction of sp³-hybridized carbons (Fsp3) is 0.913. The van der Waals surface area contributed by atoms with E-state index in [0.717, 1.165) is 12.8 Å². The summed E-state index contributed by atoms with van der Waals surface area (Å²) in [4.78, 5) is 22.3. The number of unbranched alkanes of at least 4 members (excludes halogenated alkanes) is 15. The lowest BCUT2D eigenvalue weighted by Gasteiger charge is -2.05. The molecule has 0 saturated carbocycles. The first-order valence-corrected chi connectivity index (χ1v) is 11.4. The summed E-state index contributed by atoms with van der Waals surface area (Å²) in [6, 6.07) is 0. The maximum absolute atomic E-state index is 11.4. The molecule has 27 heavy (non-hydrogen) atoms. The van der Waals surface area contributed by atoms with Gasteiger partial charge in [-0.15, -0.1) is 0 Å². The van der Waals surface area contributed by atoms with Gasteiger partial charge >= 0.3 is 11.9 Å². The molecule has 0 aliphatic rings. The van der Waals surface area contributed by atoms with Crippen molar-refractivity contribution in [2.45, 2.75) is 122 Å². The number of carbonyl (C=O) groups is 2. The minimum atomic E-state index is -0.366. The average Bonchev–Trinajstić information content (AvgIpc) is 2.68. The van der Waals surface area contributed by atoms with Gasteiger partial charge < -0.3 is 9.47 Å². The van der Waals surface area contributed by atoms with Crippen LogP contribution in [0.4, 0.5) is 0 Å². The van der Waals surface area contributed by atoms with E-state index in [4.69, 9.17) is 4.74 Å². The van der Waals surface area contributed by atoms with Crippen LogP contribution in [0.25, 0.3) is 0 Å². The standard InChI is InChI=1S/C23H44O4/c1-3-4-5-6-7-8-9-10-11-12-13-14-15-16-17-18-21-27-23(25)20-19-22(24)26-2/h3-21H2,1-2H3. The maximum Gasteiger partial charge on any atom is 0.306 e. The zero-order chi connectivity index (χ0) is 20.0. The van der Waals surface area contributed by atoms with Gasteiger partial charge in [0.1, 0.15) is 0 Å². The normalized spacial score (nSPS) is 10.7. The van der Waals surface area contributed by atoms with E-state index in [2.05, 4.69) is 11.7 Å². The Labute approximate surface area is 167 Å². The van der Waals surface area contributed by atoms with Gasteiger partial charge in [-0.05, 0) is 6.42 Å². The molecule has 0 aromatic rings. The molecule has 0 atom stereocenters. The highest BCUT2D eigenvalue weighted by Gasteiger charge is 2.07. The van der Waals surface area contributed by atoms with Crippen molar-refractivity contribution in [1.29, 1.82) is 0 Å². The van der Waals surface area contributed by atoms with Gasteiger partial charge in [-0.3, -0.25) is 9.59 Å². The van der Waals surface area contributed by atoms with E-state index in [9.17, 15) is 9.59 Å². The summed E-state index contributed by atoms with van der Waals surface area (Å²) in [6.45, 7) is 2.74. The highest BCUT2D eigenvalue weighted by Crippen LogP contribution is 2.13. The van der Waals surface area contributed by atoms with E-state index < -0.39 is 0 Å². The van der Waals surface area contributed by atoms with Crippen molar-refractivity contribution in [3.63, 3.8) is 0 Å². The van der Waals surface area contributed by atoms with Crippen molar-refractivity contribution in [2.75, 3.05) is 13.7 Å². The Morgan fingerprint density at radius 3 is 1.33 bits per heavy atom. The highest BCUT2D eigenvalue weighted by molar-refractivity contribution is 5.77. The smallest absolute Gasteiger partial charge is 0.306 e. The van der Waals surface area contributed by atoms with Crippen LogP contribution in [0.15, 0.2) is 0 Å². The van der Waals surface area contributed by atoms with Crippen LogP contribution in [-0.2, 0) is 19.1 Å². The van der Waals surface area contributed by atoms with Crippen LogP contribution in [0.3, 0.4) is 0 Å². The van der Waals surface area contributed by atoms with Gasteiger partial charge in [-0.2, -0.15) is 0 Å². The lowest BCUT2D eigenvalue weighted by molar-refractivity contribution is -0.149. The van der Waals surface area contributed by atoms with Crippen LogP contribution in [-0.4, -0.2) is 25.7 Å². The summed E-state index contributed by atoms with van der Waals surface area (Å²) in [5.74, 6) is -0.671. The van der Waals surface area contributed by atoms with Crippen LogP contribution in [0, 0.1) is 0 Å². The summed E-state index contributed by atoms with van der Waals surface area (Å²) in [5, 5.41) is 0. The number of carbonyl (C=O) groups excluding carboxylic acids is 2. The third-order valence-electron chi connectivity index (χ3n) is 5.02. The molecular formula is C23H44O4. The van der Waals surface area contributed by atoms with Crippen molar-refractivity contribution in [3.05, 3.63) is 0 Å². The molecule has 0 unspecified atom stereocenters. The molecule has 0 amide bonds. The Balaban J connectivity index is 3.12. The van der Waals surface area contributed by atoms with E-state index >= 15 is 0 Å². The first-order valence-electron chi connectivity index (χ1n) is 11.4. The summed E-state index contributed by atoms with van der Waals surface area (Å²) < 4.78 is 9.60. The predicted octanol–water partition coefficient (Wildman–Crippen LogP) is 6.74. The van der Waals surface area contributed by atoms with Crippen LogP contribution < -0.4 is 0 Å². The van der Waals surface area contributed by atoms with Crippen molar-refractivity contribution in [2.24, 2.45) is 0 Å². The lowest BCUT2D eigenvalue weighted by atomic mass is 10.0. The van der Waals surface area contributed by atoms with Crippen LogP contribution in [0.2, 0.25) is 0 Å². The highest BCUT2D eigenvalue weighted by atomic mass is 16.5. The first-order chi connectivity index (χ1) is 13.2. The van der Waals surface area contributed by atoms with Crippen LogP contribution in [0.5, 0.6) is 0 Å². The second-order valence-corrected chi connectivity index (χ2v) is 7.60. The van der Waals surface area contributed by atoms with Gasteiger partial charge in [0.25, 0.3) is 0 Å². The maximum atomic E-state index is 11.4. The molecule has 0 saturated heterocycles. The minimum Gasteiger partial charge on any atom is -0.469 e. The van der Waals surface area contributed by atoms with Crippen LogP contribution in [0.1, 0.15) is 122 Å². The monoisotopic (exact) mass is 384 g/mol. The van der Waals surface area contributed by atoms with Crippen molar-refractivity contribution < 1.29 is 19.1 Å². The zero-order valence-corrected chi connectivity index (χ0v) is 18.1. The molecule has 0 fully saturated rings. The minimum absolute atomic E-state index is 0.105. The zero-order valence-electron chi connectivity index (χ0n) is 18.1. The van der Waals surface area contributed by atoms with Crippen molar-refractivity contribution in [1.82, 2.24) is 0 Å². The van der Waals surface area contributed by atoms with Gasteiger partial charge in [0.05, 0.1) is 26.6 Å². The molecule has 0 heterocycles. The van der Waals surface area contributed by atoms with E-state index in [0.29, 0.717) is 6.61 Å². The molecule has 0 N–H and O–H groups in total. The van der Waals surface area contributed by atoms with Crippen molar-refractivity contribution >= 4 is 11.9 Å². The van der Waals surface area contributed by atoms with Gasteiger partial charge in [-0.1, -0.05) is 103 Å². The van der Waals surface area contributed by atoms with Gasteiger partial charge in [0.2, 0.25) is 0 Å². The molecule has 0 rings (SSSR count). The number of methoxy groups -OCH3 is 1. The topological polar surface area (TPSA) is 52.6 Å². The number of hydrogen-bond donors (Lipinski definition) is 0. The number of rotatable bonds is 20. The Bertz CT molecular complexity index is 341. The SMILES string of the molecule is CCCCCCCCCCCCCCCCCCOC(=O)CCC(=O)OC. The molecule has 4 nitrogen and oxygen atoms in total. The Hall–Kier alpha value is -1.06. The molecule has 0 aliphatic heterocycles. The Kier molecular flexibility index (Phi) is 20.4. The molecule has 0 spiro atoms. The predicted molar refractivity (Wildman–Crippen MR) is 112 cm³/mol. The Morgan fingerprint density at radius 1 is 0.556 bits per heavy atom. The Morgan fingerprint density at radius 2 is 0.926 bits per heavy atom. The largest absolute Gasteiger partial charge is 0.469 e. The third kappa shape index (κ3) is 21.1. The summed E-state index contributed by atoms with van der Waals surface area (Å²) >= 11 is 0. The lowest BCUT2D eigenvalue weighted by Crippen LogP contribution is -2.09. The van der Waals surface area contributed by atoms with Gasteiger partial charge in [0, 0.05) is 0 Å². The average molecular weight is 385 g/mol. The van der Waals surface area contributed by atoms with E-state index in [1.54, 1.807) is 0 Å². The molecular weight excluding hydrogens is 340 g/mol. The molecule has 0 bridgehead atoms. The molecule has 160 valence electrons. The van der Waals surface area contributed by atoms with Crippen molar-refractivity contribution in [3.8, 4) is 0 Å². The molecule has 0 radical (unpaired) electrons. The molecule has 4 heteroatoms. The second-order valence-electron chi connectivity index (χ2n) is 7.60. The third-order valence-corrected chi connectivity index (χ3v) is 5.02. The van der Waals surface area contributed by atoms with E-state index in [1.807, 2.05) is 0 Å². The summed E-state index contributed by atoms with van der Waals surface area (Å²) in [5.41, 5.74) is 0. The molecule has 0 aromatic carbocycles. The summed E-state index contributed by atoms with van der Waals surface area (Å²) in [7, 11) is 1.32. The van der Waals surface area contributed by atoms with E-state index in [1.165, 1.54) is 97.0 Å². The number of hydrogen-bond acceptors (Lipinski definition) is 4. The first kappa shape index (κ1) is 25.9. The second kappa shape index (κ2) is 21.2. The molecule has 0 aliphatic carbocycles. The summed E-state index contributed by atoms with van der Waals surface area (Å²) in [6.07, 6.45) is 21.5. The van der Waals surface area contributed by atoms with Gasteiger partial charge in [-0.25, -0.2) is 0 Å². The van der Waals surface area contributed by atoms with Gasteiger partial charge in [0.15, 0.2) is 0 Å². The van der Waals surface area contributed by atoms with Crippen LogP contribution >= 0.6 is 0 Å². The fourth-order valence-electron chi connectivity index (χ4n) is 3.21. The van der Waals surface area contributed by atoms with E-state index in [-0.39, 0.29) is 24.8 Å². The quantitative estimate of drug-likeness (QED) is 0.172. The number of esters is 2.